The number of nitrogens with one attached hydrogen (secondary N) is 1. The maximum atomic E-state index is 3.59. The van der Waals surface area contributed by atoms with Gasteiger partial charge in [0.25, 0.3) is 0 Å². The molecule has 0 amide bonds. The largest absolute Gasteiger partial charge is 1.00 e. The first-order chi connectivity index (χ1) is 3.93. The Morgan fingerprint density at radius 1 is 1.11 bits per heavy atom. The van der Waals surface area contributed by atoms with E-state index in [2.05, 4.69) is 16.8 Å². The van der Waals surface area contributed by atoms with E-state index in [0.717, 1.165) is 0 Å². The van der Waals surface area contributed by atoms with Crippen molar-refractivity contribution < 1.29 is 17.5 Å². The van der Waals surface area contributed by atoms with Gasteiger partial charge in [-0.1, -0.05) is 0 Å². The first-order valence-electron chi connectivity index (χ1n) is 3.21. The quantitative estimate of drug-likeness (QED) is 0.378. The molecule has 0 bridgehead atoms. The standard InChI is InChI=1S/C6H12N2.ClH/c1-7-8-5-3-2-4-6-8;/h1-6H2;1H. The van der Waals surface area contributed by atoms with Crippen molar-refractivity contribution in [1.29, 1.82) is 0 Å². The molecule has 1 heterocycles. The Bertz CT molecular complexity index is 79.1. The third kappa shape index (κ3) is 2.70. The van der Waals surface area contributed by atoms with E-state index in [-0.39, 0.29) is 12.4 Å². The van der Waals surface area contributed by atoms with E-state index < -0.39 is 0 Å². The fourth-order valence-electron chi connectivity index (χ4n) is 1.05. The highest BCUT2D eigenvalue weighted by molar-refractivity contribution is 5.11. The van der Waals surface area contributed by atoms with Gasteiger partial charge in [-0.3, -0.25) is 0 Å². The van der Waals surface area contributed by atoms with Crippen LogP contribution in [-0.4, -0.2) is 24.8 Å². The Kier molecular flexibility index (Phi) is 4.50. The first kappa shape index (κ1) is 8.76. The Labute approximate surface area is 62.3 Å². The van der Waals surface area contributed by atoms with E-state index in [1.54, 1.807) is 0 Å². The second-order valence-corrected chi connectivity index (χ2v) is 2.21. The number of hydrazine groups is 1. The summed E-state index contributed by atoms with van der Waals surface area (Å²) in [7, 11) is 0. The van der Waals surface area contributed by atoms with Crippen molar-refractivity contribution in [3.8, 4) is 0 Å². The molecule has 2 nitrogen and oxygen atoms in total. The van der Waals surface area contributed by atoms with Gasteiger partial charge in [-0.25, -0.2) is 0 Å². The molecule has 0 aromatic carbocycles. The molecule has 54 valence electrons. The van der Waals surface area contributed by atoms with Crippen LogP contribution in [-0.2, 0) is 0 Å². The lowest BCUT2D eigenvalue weighted by atomic mass is 10.2. The lowest BCUT2D eigenvalue weighted by Crippen LogP contribution is -3.00. The van der Waals surface area contributed by atoms with Crippen LogP contribution in [0.2, 0.25) is 0 Å². The summed E-state index contributed by atoms with van der Waals surface area (Å²) < 4.78 is 0. The molecule has 0 saturated carbocycles. The summed E-state index contributed by atoms with van der Waals surface area (Å²) in [5.74, 6) is 0. The van der Waals surface area contributed by atoms with Gasteiger partial charge in [0.15, 0.2) is 6.72 Å². The molecule has 1 aliphatic heterocycles. The highest BCUT2D eigenvalue weighted by Gasteiger charge is 2.08. The van der Waals surface area contributed by atoms with Gasteiger partial charge >= 0.3 is 0 Å². The summed E-state index contributed by atoms with van der Waals surface area (Å²) in [6.07, 6.45) is 4.03. The van der Waals surface area contributed by atoms with E-state index >= 15 is 0 Å². The molecule has 0 radical (unpaired) electrons. The third-order valence-corrected chi connectivity index (χ3v) is 1.58. The van der Waals surface area contributed by atoms with E-state index in [1.165, 1.54) is 32.4 Å². The minimum atomic E-state index is 0. The molecule has 0 unspecified atom stereocenters. The molecule has 0 spiro atoms. The summed E-state index contributed by atoms with van der Waals surface area (Å²) in [4.78, 5) is 0. The zero-order valence-corrected chi connectivity index (χ0v) is 6.32. The third-order valence-electron chi connectivity index (χ3n) is 1.58. The van der Waals surface area contributed by atoms with Gasteiger partial charge in [-0.05, 0) is 19.3 Å². The summed E-state index contributed by atoms with van der Waals surface area (Å²) in [5.41, 5.74) is 0. The highest BCUT2D eigenvalue weighted by Crippen LogP contribution is 2.02. The zero-order chi connectivity index (χ0) is 5.82. The topological polar surface area (TPSA) is 17.2 Å². The second kappa shape index (κ2) is 4.62. The molecule has 1 fully saturated rings. The predicted molar refractivity (Wildman–Crippen MR) is 33.5 cm³/mol. The fraction of sp³-hybridized carbons (Fsp3) is 0.833. The smallest absolute Gasteiger partial charge is 0.155 e. The van der Waals surface area contributed by atoms with Gasteiger partial charge < -0.3 is 12.4 Å². The number of hydrogen-bond acceptors (Lipinski definition) is 1. The van der Waals surface area contributed by atoms with E-state index in [9.17, 15) is 0 Å². The van der Waals surface area contributed by atoms with Crippen LogP contribution in [0.3, 0.4) is 0 Å². The van der Waals surface area contributed by atoms with Gasteiger partial charge in [0.05, 0.1) is 13.1 Å². The molecule has 0 aromatic heterocycles. The molecule has 1 rings (SSSR count). The van der Waals surface area contributed by atoms with Gasteiger partial charge in [-0.2, -0.15) is 5.01 Å². The molecule has 0 aliphatic carbocycles. The van der Waals surface area contributed by atoms with Crippen LogP contribution in [0.1, 0.15) is 19.3 Å². The van der Waals surface area contributed by atoms with Crippen molar-refractivity contribution in [2.24, 2.45) is 0 Å². The molecular weight excluding hydrogens is 136 g/mol. The molecule has 0 atom stereocenters. The molecule has 1 saturated heterocycles. The van der Waals surface area contributed by atoms with Crippen LogP contribution < -0.4 is 17.5 Å². The SMILES string of the molecule is C=[NH+]N1CCCCC1.[Cl-]. The van der Waals surface area contributed by atoms with Crippen molar-refractivity contribution in [1.82, 2.24) is 5.01 Å². The van der Waals surface area contributed by atoms with E-state index in [1.807, 2.05) is 0 Å². The maximum absolute atomic E-state index is 3.59. The summed E-state index contributed by atoms with van der Waals surface area (Å²) in [6.45, 7) is 5.93. The van der Waals surface area contributed by atoms with Crippen LogP contribution >= 0.6 is 0 Å². The Morgan fingerprint density at radius 2 is 1.67 bits per heavy atom. The van der Waals surface area contributed by atoms with Gasteiger partial charge in [0.2, 0.25) is 0 Å². The number of hydrazone groups is 1. The Morgan fingerprint density at radius 3 is 2.00 bits per heavy atom. The fourth-order valence-corrected chi connectivity index (χ4v) is 1.05. The van der Waals surface area contributed by atoms with Gasteiger partial charge in [-0.15, -0.1) is 5.10 Å². The summed E-state index contributed by atoms with van der Waals surface area (Å²) >= 11 is 0. The van der Waals surface area contributed by atoms with Gasteiger partial charge in [0.1, 0.15) is 0 Å². The van der Waals surface area contributed by atoms with Crippen LogP contribution in [0.25, 0.3) is 0 Å². The normalized spacial score (nSPS) is 18.4. The number of halogens is 1. The van der Waals surface area contributed by atoms with Crippen molar-refractivity contribution in [2.45, 2.75) is 19.3 Å². The highest BCUT2D eigenvalue weighted by atomic mass is 35.5. The lowest BCUT2D eigenvalue weighted by Gasteiger charge is -2.17. The van der Waals surface area contributed by atoms with Crippen LogP contribution in [0.5, 0.6) is 0 Å². The second-order valence-electron chi connectivity index (χ2n) is 2.21. The Hall–Kier alpha value is -0.240. The van der Waals surface area contributed by atoms with E-state index in [4.69, 9.17) is 0 Å². The minimum Gasteiger partial charge on any atom is -1.00 e. The predicted octanol–water partition coefficient (Wildman–Crippen LogP) is -3.83. The Balaban J connectivity index is 0.000000640. The number of nitrogens with zero attached hydrogens (tertiary/aromatic N) is 1. The minimum absolute atomic E-state index is 0. The van der Waals surface area contributed by atoms with Crippen LogP contribution in [0.4, 0.5) is 0 Å². The van der Waals surface area contributed by atoms with Crippen molar-refractivity contribution in [3.05, 3.63) is 0 Å². The lowest BCUT2D eigenvalue weighted by molar-refractivity contribution is -0.640. The summed E-state index contributed by atoms with van der Waals surface area (Å²) in [5, 5.41) is 5.04. The molecule has 0 aromatic rings. The monoisotopic (exact) mass is 148 g/mol. The first-order valence-corrected chi connectivity index (χ1v) is 3.21. The molecule has 1 N–H and O–H groups in total. The number of hydrogen-bond donors (Lipinski definition) is 1. The van der Waals surface area contributed by atoms with E-state index in [0.29, 0.717) is 0 Å². The maximum Gasteiger partial charge on any atom is 0.155 e. The van der Waals surface area contributed by atoms with Crippen LogP contribution in [0.15, 0.2) is 0 Å². The van der Waals surface area contributed by atoms with Crippen molar-refractivity contribution >= 4 is 6.72 Å². The zero-order valence-electron chi connectivity index (χ0n) is 5.57. The number of rotatable bonds is 1. The average Bonchev–Trinajstić information content (AvgIpc) is 1.90. The summed E-state index contributed by atoms with van der Waals surface area (Å²) in [6, 6.07) is 0. The average molecular weight is 149 g/mol. The molecule has 1 aliphatic rings. The van der Waals surface area contributed by atoms with Crippen LogP contribution in [0, 0.1) is 0 Å². The number of piperidine rings is 1. The molecule has 3 heteroatoms. The molecular formula is C6H13ClN2. The van der Waals surface area contributed by atoms with Crippen molar-refractivity contribution in [2.75, 3.05) is 13.1 Å². The van der Waals surface area contributed by atoms with Gasteiger partial charge in [0, 0.05) is 0 Å². The molecule has 9 heavy (non-hydrogen) atoms. The van der Waals surface area contributed by atoms with Crippen molar-refractivity contribution in [3.63, 3.8) is 0 Å².